The minimum absolute atomic E-state index is 0.0334. The van der Waals surface area contributed by atoms with E-state index < -0.39 is 10.5 Å². The maximum atomic E-state index is 12.0. The number of amides is 1. The predicted molar refractivity (Wildman–Crippen MR) is 77.8 cm³/mol. The van der Waals surface area contributed by atoms with Gasteiger partial charge in [0.15, 0.2) is 0 Å². The first kappa shape index (κ1) is 15.4. The maximum Gasteiger partial charge on any atom is 0.269 e. The van der Waals surface area contributed by atoms with E-state index in [9.17, 15) is 20.0 Å². The van der Waals surface area contributed by atoms with Crippen LogP contribution < -0.4 is 5.32 Å². The smallest absolute Gasteiger partial charge is 0.269 e. The van der Waals surface area contributed by atoms with Crippen LogP contribution in [0.15, 0.2) is 24.3 Å². The molecule has 6 heteroatoms. The lowest BCUT2D eigenvalue weighted by Crippen LogP contribution is -2.50. The van der Waals surface area contributed by atoms with Gasteiger partial charge >= 0.3 is 0 Å². The third-order valence-corrected chi connectivity index (χ3v) is 3.99. The molecule has 2 rings (SSSR count). The zero-order chi connectivity index (χ0) is 15.5. The molecule has 114 valence electrons. The SMILES string of the molecule is CC(CO)(NC(=O)CCc1cccc([N+](=O)[O-])c1)C1CC1. The van der Waals surface area contributed by atoms with Gasteiger partial charge in [0.05, 0.1) is 17.1 Å². The zero-order valence-corrected chi connectivity index (χ0v) is 12.0. The molecule has 0 aromatic heterocycles. The third-order valence-electron chi connectivity index (χ3n) is 3.99. The number of rotatable bonds is 7. The van der Waals surface area contributed by atoms with E-state index in [1.54, 1.807) is 12.1 Å². The lowest BCUT2D eigenvalue weighted by molar-refractivity contribution is -0.384. The molecule has 1 atom stereocenters. The normalized spacial score (nSPS) is 17.0. The molecule has 0 bridgehead atoms. The molecule has 0 saturated heterocycles. The third kappa shape index (κ3) is 4.01. The molecule has 1 unspecified atom stereocenters. The Bertz CT molecular complexity index is 542. The highest BCUT2D eigenvalue weighted by atomic mass is 16.6. The fourth-order valence-electron chi connectivity index (χ4n) is 2.46. The number of carbonyl (C=O) groups is 1. The van der Waals surface area contributed by atoms with Gasteiger partial charge in [-0.05, 0) is 37.7 Å². The first-order valence-electron chi connectivity index (χ1n) is 7.10. The van der Waals surface area contributed by atoms with E-state index in [2.05, 4.69) is 5.32 Å². The number of nitro groups is 1. The Hall–Kier alpha value is -1.95. The Labute approximate surface area is 123 Å². The van der Waals surface area contributed by atoms with Crippen molar-refractivity contribution in [2.45, 2.75) is 38.1 Å². The highest BCUT2D eigenvalue weighted by molar-refractivity contribution is 5.77. The number of hydrogen-bond donors (Lipinski definition) is 2. The van der Waals surface area contributed by atoms with Crippen LogP contribution in [0, 0.1) is 16.0 Å². The zero-order valence-electron chi connectivity index (χ0n) is 12.0. The van der Waals surface area contributed by atoms with Crippen molar-refractivity contribution in [3.63, 3.8) is 0 Å². The Kier molecular flexibility index (Phi) is 4.57. The summed E-state index contributed by atoms with van der Waals surface area (Å²) < 4.78 is 0. The minimum atomic E-state index is -0.542. The molecular weight excluding hydrogens is 272 g/mol. The second-order valence-electron chi connectivity index (χ2n) is 5.83. The fraction of sp³-hybridized carbons (Fsp3) is 0.533. The van der Waals surface area contributed by atoms with Gasteiger partial charge in [0, 0.05) is 18.6 Å². The van der Waals surface area contributed by atoms with Crippen molar-refractivity contribution < 1.29 is 14.8 Å². The molecule has 1 aromatic rings. The molecule has 0 spiro atoms. The summed E-state index contributed by atoms with van der Waals surface area (Å²) in [6.45, 7) is 1.79. The first-order chi connectivity index (χ1) is 9.94. The van der Waals surface area contributed by atoms with Crippen LogP contribution >= 0.6 is 0 Å². The van der Waals surface area contributed by atoms with E-state index in [0.717, 1.165) is 18.4 Å². The van der Waals surface area contributed by atoms with Gasteiger partial charge in [-0.1, -0.05) is 12.1 Å². The molecule has 6 nitrogen and oxygen atoms in total. The van der Waals surface area contributed by atoms with Gasteiger partial charge in [-0.25, -0.2) is 0 Å². The van der Waals surface area contributed by atoms with E-state index >= 15 is 0 Å². The summed E-state index contributed by atoms with van der Waals surface area (Å²) in [6.07, 6.45) is 2.76. The van der Waals surface area contributed by atoms with E-state index in [4.69, 9.17) is 0 Å². The Morgan fingerprint density at radius 2 is 2.24 bits per heavy atom. The highest BCUT2D eigenvalue weighted by Crippen LogP contribution is 2.39. The standard InChI is InChI=1S/C15H20N2O4/c1-15(10-18,12-6-7-12)16-14(19)8-5-11-3-2-4-13(9-11)17(20)21/h2-4,9,12,18H,5-8,10H2,1H3,(H,16,19). The van der Waals surface area contributed by atoms with Crippen molar-refractivity contribution in [1.82, 2.24) is 5.32 Å². The van der Waals surface area contributed by atoms with Crippen LogP contribution in [0.1, 0.15) is 31.7 Å². The minimum Gasteiger partial charge on any atom is -0.394 e. The Morgan fingerprint density at radius 1 is 1.52 bits per heavy atom. The Balaban J connectivity index is 1.89. The highest BCUT2D eigenvalue weighted by Gasteiger charge is 2.41. The maximum absolute atomic E-state index is 12.0. The summed E-state index contributed by atoms with van der Waals surface area (Å²) in [5, 5.41) is 23.0. The van der Waals surface area contributed by atoms with Crippen LogP contribution in [0.4, 0.5) is 5.69 Å². The lowest BCUT2D eigenvalue weighted by Gasteiger charge is -2.28. The van der Waals surface area contributed by atoms with E-state index in [0.29, 0.717) is 12.3 Å². The first-order valence-corrected chi connectivity index (χ1v) is 7.10. The molecule has 1 amide bonds. The fourth-order valence-corrected chi connectivity index (χ4v) is 2.46. The molecule has 1 aromatic carbocycles. The second kappa shape index (κ2) is 6.22. The van der Waals surface area contributed by atoms with Crippen LogP contribution in [-0.2, 0) is 11.2 Å². The predicted octanol–water partition coefficient (Wildman–Crippen LogP) is 1.80. The molecular formula is C15H20N2O4. The number of carbonyl (C=O) groups excluding carboxylic acids is 1. The van der Waals surface area contributed by atoms with Crippen molar-refractivity contribution in [2.24, 2.45) is 5.92 Å². The molecule has 0 aliphatic heterocycles. The summed E-state index contributed by atoms with van der Waals surface area (Å²) in [5.41, 5.74) is 0.252. The van der Waals surface area contributed by atoms with Gasteiger partial charge in [-0.2, -0.15) is 0 Å². The number of aliphatic hydroxyl groups is 1. The summed E-state index contributed by atoms with van der Waals surface area (Å²) in [4.78, 5) is 22.2. The average molecular weight is 292 g/mol. The molecule has 1 saturated carbocycles. The van der Waals surface area contributed by atoms with E-state index in [1.807, 2.05) is 6.92 Å². The van der Waals surface area contributed by atoms with Crippen molar-refractivity contribution in [3.8, 4) is 0 Å². The summed E-state index contributed by atoms with van der Waals surface area (Å²) in [7, 11) is 0. The van der Waals surface area contributed by atoms with Gasteiger partial charge in [0.2, 0.25) is 5.91 Å². The van der Waals surface area contributed by atoms with Crippen LogP contribution in [0.2, 0.25) is 0 Å². The number of hydrogen-bond acceptors (Lipinski definition) is 4. The molecule has 21 heavy (non-hydrogen) atoms. The van der Waals surface area contributed by atoms with Gasteiger partial charge in [0.25, 0.3) is 5.69 Å². The summed E-state index contributed by atoms with van der Waals surface area (Å²) in [6, 6.07) is 6.30. The Morgan fingerprint density at radius 3 is 2.81 bits per heavy atom. The number of aryl methyl sites for hydroxylation is 1. The van der Waals surface area contributed by atoms with Crippen molar-refractivity contribution in [3.05, 3.63) is 39.9 Å². The van der Waals surface area contributed by atoms with Gasteiger partial charge in [-0.3, -0.25) is 14.9 Å². The number of aliphatic hydroxyl groups excluding tert-OH is 1. The molecule has 1 aliphatic rings. The summed E-state index contributed by atoms with van der Waals surface area (Å²) in [5.74, 6) is 0.217. The number of non-ortho nitro benzene ring substituents is 1. The van der Waals surface area contributed by atoms with Crippen molar-refractivity contribution in [2.75, 3.05) is 6.61 Å². The van der Waals surface area contributed by atoms with E-state index in [1.165, 1.54) is 12.1 Å². The van der Waals surface area contributed by atoms with Crippen LogP contribution in [0.5, 0.6) is 0 Å². The lowest BCUT2D eigenvalue weighted by atomic mass is 9.96. The number of nitro benzene ring substituents is 1. The molecule has 0 radical (unpaired) electrons. The summed E-state index contributed by atoms with van der Waals surface area (Å²) >= 11 is 0. The van der Waals surface area contributed by atoms with Crippen LogP contribution in [0.25, 0.3) is 0 Å². The van der Waals surface area contributed by atoms with Gasteiger partial charge < -0.3 is 10.4 Å². The molecule has 2 N–H and O–H groups in total. The topological polar surface area (TPSA) is 92.5 Å². The number of nitrogens with one attached hydrogen (secondary N) is 1. The molecule has 0 heterocycles. The van der Waals surface area contributed by atoms with Gasteiger partial charge in [0.1, 0.15) is 0 Å². The largest absolute Gasteiger partial charge is 0.394 e. The average Bonchev–Trinajstić information content (AvgIpc) is 3.30. The quantitative estimate of drug-likeness (QED) is 0.592. The van der Waals surface area contributed by atoms with E-state index in [-0.39, 0.29) is 24.6 Å². The van der Waals surface area contributed by atoms with Crippen molar-refractivity contribution in [1.29, 1.82) is 0 Å². The van der Waals surface area contributed by atoms with Crippen LogP contribution in [-0.4, -0.2) is 28.1 Å². The molecule has 1 fully saturated rings. The van der Waals surface area contributed by atoms with Crippen molar-refractivity contribution >= 4 is 11.6 Å². The second-order valence-corrected chi connectivity index (χ2v) is 5.83. The number of nitrogens with zero attached hydrogens (tertiary/aromatic N) is 1. The monoisotopic (exact) mass is 292 g/mol. The number of benzene rings is 1. The van der Waals surface area contributed by atoms with Crippen LogP contribution in [0.3, 0.4) is 0 Å². The molecule has 1 aliphatic carbocycles. The van der Waals surface area contributed by atoms with Gasteiger partial charge in [-0.15, -0.1) is 0 Å².